The monoisotopic (exact) mass is 501 g/mol. The van der Waals surface area contributed by atoms with Crippen LogP contribution in [0, 0.1) is 0 Å². The molecule has 0 fully saturated rings. The van der Waals surface area contributed by atoms with Crippen molar-refractivity contribution in [3.63, 3.8) is 0 Å². The van der Waals surface area contributed by atoms with E-state index >= 15 is 0 Å². The van der Waals surface area contributed by atoms with Crippen molar-refractivity contribution in [1.29, 1.82) is 0 Å². The normalized spacial score (nSPS) is 14.4. The Kier molecular flexibility index (Phi) is 4.41. The van der Waals surface area contributed by atoms with E-state index in [0.29, 0.717) is 6.42 Å². The first-order chi connectivity index (χ1) is 8.72. The summed E-state index contributed by atoms with van der Waals surface area (Å²) in [6, 6.07) is 7.04. The smallest absolute Gasteiger partial charge is 0.323 e. The molecule has 4 nitrogen and oxygen atoms in total. The molecule has 5 heteroatoms. The molecule has 0 aliphatic heterocycles. The van der Waals surface area contributed by atoms with Crippen LogP contribution in [0.2, 0.25) is 0 Å². The number of carbonyl (C=O) groups excluding carboxylic acids is 1. The Morgan fingerprint density at radius 2 is 2.16 bits per heavy atom. The van der Waals surface area contributed by atoms with E-state index < -0.39 is 12.0 Å². The maximum Gasteiger partial charge on any atom is 0.323 e. The molecule has 0 aromatic heterocycles. The molecule has 0 spiro atoms. The number of hydrogen-bond donors (Lipinski definition) is 2. The molecule has 2 rings (SSSR count). The second-order valence-corrected chi connectivity index (χ2v) is 4.27. The van der Waals surface area contributed by atoms with Crippen molar-refractivity contribution in [3.8, 4) is 0 Å². The molecule has 0 saturated carbocycles. The number of amides is 1. The Bertz CT molecular complexity index is 499. The van der Waals surface area contributed by atoms with E-state index in [1.807, 2.05) is 24.3 Å². The second kappa shape index (κ2) is 6.00. The van der Waals surface area contributed by atoms with Gasteiger partial charge in [0, 0.05) is 6.42 Å². The number of carboxylic acid groups (broad SMARTS) is 1. The number of fused-ring (bicyclic) bond motifs is 1. The van der Waals surface area contributed by atoms with Crippen molar-refractivity contribution >= 4 is 18.0 Å². The molecule has 1 aromatic rings. The van der Waals surface area contributed by atoms with Crippen molar-refractivity contribution in [2.45, 2.75) is 25.3 Å². The zero-order valence-electron chi connectivity index (χ0n) is 10.1. The first-order valence-electron chi connectivity index (χ1n) is 5.85. The van der Waals surface area contributed by atoms with Crippen molar-refractivity contribution < 1.29 is 14.7 Å². The number of carbonyl (C=O) groups is 1. The molecule has 0 heterocycles. The molecule has 1 amide bonds. The van der Waals surface area contributed by atoms with Gasteiger partial charge in [-0.05, 0) is 29.5 Å². The minimum atomic E-state index is -1.04. The standard InChI is InChI=1S/C14H14NO3.Fm/c16-9-15-13(14(17)18)8-11-6-3-5-10-4-1-2-7-12(10)11;/h1-2,4,6-7,13H,3,5,8H2,(H,15,16)(H,17,18);/q-1;. The third kappa shape index (κ3) is 2.97. The number of rotatable bonds is 5. The number of hydrogen-bond acceptors (Lipinski definition) is 2. The van der Waals surface area contributed by atoms with Gasteiger partial charge < -0.3 is 15.2 Å². The van der Waals surface area contributed by atoms with E-state index in [2.05, 4.69) is 11.4 Å². The molecular formula is C14H14FmNO3-. The maximum atomic E-state index is 11.0. The van der Waals surface area contributed by atoms with Crippen molar-refractivity contribution in [2.75, 3.05) is 0 Å². The van der Waals surface area contributed by atoms with Crippen molar-refractivity contribution in [3.05, 3.63) is 41.5 Å². The van der Waals surface area contributed by atoms with Crippen molar-refractivity contribution in [2.24, 2.45) is 0 Å². The summed E-state index contributed by atoms with van der Waals surface area (Å²) in [4.78, 5) is 21.3. The Morgan fingerprint density at radius 3 is 2.84 bits per heavy atom. The number of aryl methyl sites for hydroxylation is 1. The fourth-order valence-electron chi connectivity index (χ4n) is 2.25. The number of aliphatic carboxylic acids is 1. The number of benzene rings is 1. The van der Waals surface area contributed by atoms with Gasteiger partial charge in [-0.3, -0.25) is 4.79 Å². The third-order valence-electron chi connectivity index (χ3n) is 3.12. The molecule has 1 aliphatic carbocycles. The number of carboxylic acids is 1. The van der Waals surface area contributed by atoms with Gasteiger partial charge in [0.25, 0.3) is 0 Å². The Morgan fingerprint density at radius 1 is 1.42 bits per heavy atom. The molecule has 1 aromatic carbocycles. The Hall–Kier alpha value is -3.10. The van der Waals surface area contributed by atoms with Gasteiger partial charge in [-0.2, -0.15) is 6.41 Å². The summed E-state index contributed by atoms with van der Waals surface area (Å²) in [6.45, 7) is 0. The minimum Gasteiger partial charge on any atom is -0.520 e. The van der Waals surface area contributed by atoms with Crippen LogP contribution in [-0.4, -0.2) is 23.5 Å². The summed E-state index contributed by atoms with van der Waals surface area (Å²) in [5.74, 6) is -1.04. The van der Waals surface area contributed by atoms with E-state index in [4.69, 9.17) is 5.11 Å². The first-order valence-corrected chi connectivity index (χ1v) is 5.85. The van der Waals surface area contributed by atoms with Gasteiger partial charge in [0.2, 0.25) is 0 Å². The summed E-state index contributed by atoms with van der Waals surface area (Å²) in [7, 11) is 0. The van der Waals surface area contributed by atoms with E-state index in [9.17, 15) is 9.59 Å². The zero-order chi connectivity index (χ0) is 13.0. The van der Waals surface area contributed by atoms with Crippen LogP contribution in [0.1, 0.15) is 24.0 Å². The maximum absolute atomic E-state index is 11.0. The van der Waals surface area contributed by atoms with E-state index in [1.165, 1.54) is 12.0 Å². The minimum absolute atomic E-state index is 0. The topological polar surface area (TPSA) is 66.4 Å². The molecule has 1 atom stereocenters. The van der Waals surface area contributed by atoms with Crippen LogP contribution < -0.4 is 5.32 Å². The van der Waals surface area contributed by atoms with Crippen LogP contribution in [0.3, 0.4) is 0 Å². The summed E-state index contributed by atoms with van der Waals surface area (Å²) in [5, 5.41) is 11.2. The first kappa shape index (κ1) is 14.0. The quantitative estimate of drug-likeness (QED) is 0.475. The molecule has 106 valence electrons. The molecule has 0 saturated heterocycles. The number of nitrogens with one attached hydrogen (secondary N) is 1. The van der Waals surface area contributed by atoms with Crippen molar-refractivity contribution in [1.82, 2.24) is 5.32 Å². The summed E-state index contributed by atoms with van der Waals surface area (Å²) < 4.78 is 0. The molecule has 19 heavy (non-hydrogen) atoms. The molecular weight excluding hydrogens is 487 g/mol. The Labute approximate surface area is 105 Å². The third-order valence-corrected chi connectivity index (χ3v) is 3.12. The summed E-state index contributed by atoms with van der Waals surface area (Å²) >= 11 is 0. The van der Waals surface area contributed by atoms with E-state index in [-0.39, 0.29) is 0 Å². The van der Waals surface area contributed by atoms with Gasteiger partial charge in [0.1, 0.15) is 6.04 Å². The van der Waals surface area contributed by atoms with Gasteiger partial charge >= 0.3 is 5.97 Å². The van der Waals surface area contributed by atoms with Crippen LogP contribution >= 0.6 is 0 Å². The van der Waals surface area contributed by atoms with Gasteiger partial charge in [0.05, 0.1) is 0 Å². The zero-order valence-corrected chi connectivity index (χ0v) is 12.5. The molecule has 1 unspecified atom stereocenters. The average molecular weight is 501 g/mol. The Balaban J connectivity index is 0.00000180. The predicted molar refractivity (Wildman–Crippen MR) is 67.6 cm³/mol. The largest absolute Gasteiger partial charge is 0.520 e. The number of allylic oxidation sites excluding steroid dienone is 1. The van der Waals surface area contributed by atoms with Crippen LogP contribution in [-0.2, 0) is 16.0 Å². The summed E-state index contributed by atoms with van der Waals surface area (Å²) in [5.41, 5.74) is 3.30. The van der Waals surface area contributed by atoms with Crippen LogP contribution in [0.4, 0.5) is 0 Å². The molecule has 1 aliphatic rings. The fraction of sp³-hybridized carbons (Fsp3) is 0.286. The predicted octanol–water partition coefficient (Wildman–Crippen LogP) is 1.52. The molecule has 0 bridgehead atoms. The van der Waals surface area contributed by atoms with E-state index in [1.54, 1.807) is 0 Å². The van der Waals surface area contributed by atoms with Gasteiger partial charge in [-0.1, -0.05) is 30.3 Å². The van der Waals surface area contributed by atoms with Crippen LogP contribution in [0.25, 0.3) is 5.57 Å². The SMILES string of the molecule is O=[C-]NC(CC1=CCCc2ccccc21)C(=O)O.[Fm]. The van der Waals surface area contributed by atoms with E-state index in [0.717, 1.165) is 24.0 Å². The average Bonchev–Trinajstić information content (AvgIpc) is 2.38. The van der Waals surface area contributed by atoms with Crippen LogP contribution in [0.15, 0.2) is 30.3 Å². The van der Waals surface area contributed by atoms with Gasteiger partial charge in [0.15, 0.2) is 0 Å². The fourth-order valence-corrected chi connectivity index (χ4v) is 2.25. The molecule has 0 radical (unpaired) electrons. The van der Waals surface area contributed by atoms with Crippen LogP contribution in [0.5, 0.6) is 0 Å². The van der Waals surface area contributed by atoms with Gasteiger partial charge in [-0.25, -0.2) is 0 Å². The second-order valence-electron chi connectivity index (χ2n) is 4.27. The van der Waals surface area contributed by atoms with Gasteiger partial charge in [-0.15, -0.1) is 0 Å². The molecule has 2 N–H and O–H groups in total. The summed E-state index contributed by atoms with van der Waals surface area (Å²) in [6.07, 6.45) is 5.68.